The van der Waals surface area contributed by atoms with Gasteiger partial charge in [-0.3, -0.25) is 0 Å². The molecule has 0 spiro atoms. The van der Waals surface area contributed by atoms with Gasteiger partial charge in [-0.1, -0.05) is 57.5 Å². The summed E-state index contributed by atoms with van der Waals surface area (Å²) in [5.74, 6) is 0.993. The van der Waals surface area contributed by atoms with E-state index in [4.69, 9.17) is 5.26 Å². The Labute approximate surface area is 160 Å². The molecule has 1 fully saturated rings. The number of sulfonamides is 1. The molecule has 1 saturated heterocycles. The van der Waals surface area contributed by atoms with Crippen molar-refractivity contribution < 1.29 is 8.42 Å². The van der Waals surface area contributed by atoms with Gasteiger partial charge in [0.1, 0.15) is 0 Å². The van der Waals surface area contributed by atoms with Crippen molar-refractivity contribution in [1.82, 2.24) is 4.31 Å². The summed E-state index contributed by atoms with van der Waals surface area (Å²) in [4.78, 5) is 0.396. The molecule has 0 saturated carbocycles. The average Bonchev–Trinajstić information content (AvgIpc) is 3.24. The Kier molecular flexibility index (Phi) is 9.27. The number of hydrogen-bond acceptors (Lipinski definition) is 3. The van der Waals surface area contributed by atoms with Gasteiger partial charge in [0.15, 0.2) is 0 Å². The van der Waals surface area contributed by atoms with Crippen molar-refractivity contribution >= 4 is 10.0 Å². The summed E-state index contributed by atoms with van der Waals surface area (Å²) in [5, 5.41) is 7.32. The normalized spacial score (nSPS) is 21.0. The molecule has 146 valence electrons. The van der Waals surface area contributed by atoms with E-state index in [1.54, 1.807) is 22.5 Å². The largest absolute Gasteiger partial charge is 0.243 e. The Morgan fingerprint density at radius 3 is 1.88 bits per heavy atom. The van der Waals surface area contributed by atoms with Gasteiger partial charge in [0.2, 0.25) is 10.0 Å². The number of nitrogens with zero attached hydrogens (tertiary/aromatic N) is 2. The minimum absolute atomic E-state index is 0.205. The van der Waals surface area contributed by atoms with Gasteiger partial charge in [0.25, 0.3) is 0 Å². The van der Waals surface area contributed by atoms with Crippen molar-refractivity contribution in [2.24, 2.45) is 11.8 Å². The van der Waals surface area contributed by atoms with Crippen LogP contribution in [0.2, 0.25) is 0 Å². The van der Waals surface area contributed by atoms with Crippen LogP contribution in [0, 0.1) is 30.1 Å². The van der Waals surface area contributed by atoms with Gasteiger partial charge in [0.05, 0.1) is 11.0 Å². The van der Waals surface area contributed by atoms with Crippen LogP contribution in [0.25, 0.3) is 0 Å². The molecular weight excluding hydrogens is 344 g/mol. The second-order valence-electron chi connectivity index (χ2n) is 7.56. The van der Waals surface area contributed by atoms with Crippen molar-refractivity contribution in [2.75, 3.05) is 6.54 Å². The van der Waals surface area contributed by atoms with Crippen molar-refractivity contribution in [3.63, 3.8) is 0 Å². The first-order valence-electron chi connectivity index (χ1n) is 8.90. The van der Waals surface area contributed by atoms with Crippen LogP contribution in [-0.4, -0.2) is 24.8 Å². The highest BCUT2D eigenvalue weighted by atomic mass is 32.2. The summed E-state index contributed by atoms with van der Waals surface area (Å²) >= 11 is 0. The molecule has 2 unspecified atom stereocenters. The van der Waals surface area contributed by atoms with E-state index in [-0.39, 0.29) is 5.54 Å². The minimum atomic E-state index is -3.30. The van der Waals surface area contributed by atoms with Gasteiger partial charge in [-0.25, -0.2) is 8.42 Å². The lowest BCUT2D eigenvalue weighted by molar-refractivity contribution is 0.419. The van der Waals surface area contributed by atoms with Crippen LogP contribution in [0.4, 0.5) is 0 Å². The molecule has 1 aromatic rings. The van der Waals surface area contributed by atoms with Gasteiger partial charge in [-0.15, -0.1) is 0 Å². The van der Waals surface area contributed by atoms with Crippen molar-refractivity contribution in [1.29, 1.82) is 5.26 Å². The Morgan fingerprint density at radius 2 is 1.62 bits per heavy atom. The van der Waals surface area contributed by atoms with E-state index in [9.17, 15) is 8.42 Å². The Balaban J connectivity index is 0.000000584. The van der Waals surface area contributed by atoms with Gasteiger partial charge < -0.3 is 0 Å². The number of nitriles is 1. The molecule has 26 heavy (non-hydrogen) atoms. The summed E-state index contributed by atoms with van der Waals surface area (Å²) in [6.07, 6.45) is 0. The average molecular weight is 379 g/mol. The molecule has 2 rings (SSSR count). The maximum Gasteiger partial charge on any atom is 0.243 e. The molecule has 0 bridgehead atoms. The van der Waals surface area contributed by atoms with Gasteiger partial charge in [-0.05, 0) is 44.7 Å². The molecular formula is C21H34N2O2S. The van der Waals surface area contributed by atoms with E-state index in [0.717, 1.165) is 5.56 Å². The smallest absolute Gasteiger partial charge is 0.207 e. The summed E-state index contributed by atoms with van der Waals surface area (Å²) in [7, 11) is -3.30. The standard InChI is InChI=1S/C13H19NO2S.C6H12.C2H3N/c1-10(2)13(4)9-14(13)17(15,16)12-7-5-11(3)6-8-12;1-5(2)6(3)4;1-2-3/h5-8,10H,9H2,1-4H3;6H,1H2,2-4H3;1H3. The topological polar surface area (TPSA) is 60.9 Å². The monoisotopic (exact) mass is 378 g/mol. The third-order valence-electron chi connectivity index (χ3n) is 4.77. The summed E-state index contributed by atoms with van der Waals surface area (Å²) in [5.41, 5.74) is 2.13. The SMILES string of the molecule is C=C(C)C(C)C.CC#N.Cc1ccc(S(=O)(=O)N2CC2(C)C(C)C)cc1. The highest BCUT2D eigenvalue weighted by Crippen LogP contribution is 2.43. The van der Waals surface area contributed by atoms with Crippen LogP contribution >= 0.6 is 0 Å². The molecule has 0 N–H and O–H groups in total. The van der Waals surface area contributed by atoms with Crippen LogP contribution in [-0.2, 0) is 10.0 Å². The summed E-state index contributed by atoms with van der Waals surface area (Å²) in [6.45, 7) is 20.2. The molecule has 2 atom stereocenters. The van der Waals surface area contributed by atoms with E-state index in [0.29, 0.717) is 23.3 Å². The molecule has 4 nitrogen and oxygen atoms in total. The minimum Gasteiger partial charge on any atom is -0.207 e. The lowest BCUT2D eigenvalue weighted by Crippen LogP contribution is -2.25. The van der Waals surface area contributed by atoms with Crippen LogP contribution < -0.4 is 0 Å². The Morgan fingerprint density at radius 1 is 1.23 bits per heavy atom. The van der Waals surface area contributed by atoms with Crippen molar-refractivity contribution in [3.05, 3.63) is 42.0 Å². The van der Waals surface area contributed by atoms with Crippen LogP contribution in [0.5, 0.6) is 0 Å². The van der Waals surface area contributed by atoms with E-state index < -0.39 is 10.0 Å². The van der Waals surface area contributed by atoms with E-state index in [2.05, 4.69) is 34.3 Å². The maximum atomic E-state index is 12.4. The molecule has 1 aliphatic rings. The van der Waals surface area contributed by atoms with E-state index in [1.165, 1.54) is 12.5 Å². The zero-order valence-corrected chi connectivity index (χ0v) is 18.3. The molecule has 1 aliphatic heterocycles. The number of benzene rings is 1. The molecule has 0 aromatic heterocycles. The third-order valence-corrected chi connectivity index (χ3v) is 6.76. The van der Waals surface area contributed by atoms with Crippen molar-refractivity contribution in [3.8, 4) is 6.07 Å². The summed E-state index contributed by atoms with van der Waals surface area (Å²) < 4.78 is 26.3. The number of aryl methyl sites for hydroxylation is 1. The van der Waals surface area contributed by atoms with Crippen LogP contribution in [0.1, 0.15) is 54.0 Å². The van der Waals surface area contributed by atoms with E-state index >= 15 is 0 Å². The molecule has 0 radical (unpaired) electrons. The second-order valence-corrected chi connectivity index (χ2v) is 9.42. The lowest BCUT2D eigenvalue weighted by atomic mass is 9.99. The number of hydrogen-bond donors (Lipinski definition) is 0. The highest BCUT2D eigenvalue weighted by molar-refractivity contribution is 7.89. The Bertz CT molecular complexity index is 728. The predicted molar refractivity (Wildman–Crippen MR) is 109 cm³/mol. The molecule has 0 amide bonds. The first kappa shape index (κ1) is 24.4. The second kappa shape index (κ2) is 9.89. The van der Waals surface area contributed by atoms with Gasteiger partial charge >= 0.3 is 0 Å². The quantitative estimate of drug-likeness (QED) is 0.537. The zero-order chi connectivity index (χ0) is 20.7. The predicted octanol–water partition coefficient (Wildman–Crippen LogP) is 5.16. The summed E-state index contributed by atoms with van der Waals surface area (Å²) in [6, 6.07) is 8.79. The first-order valence-corrected chi connectivity index (χ1v) is 10.3. The van der Waals surface area contributed by atoms with Crippen LogP contribution in [0.3, 0.4) is 0 Å². The fraction of sp³-hybridized carbons (Fsp3) is 0.571. The molecule has 5 heteroatoms. The maximum absolute atomic E-state index is 12.4. The van der Waals surface area contributed by atoms with Gasteiger partial charge in [-0.2, -0.15) is 9.57 Å². The van der Waals surface area contributed by atoms with Crippen LogP contribution in [0.15, 0.2) is 41.3 Å². The molecule has 0 aliphatic carbocycles. The molecule has 1 heterocycles. The number of rotatable bonds is 4. The lowest BCUT2D eigenvalue weighted by Gasteiger charge is -2.16. The van der Waals surface area contributed by atoms with Gasteiger partial charge in [0, 0.05) is 19.0 Å². The highest BCUT2D eigenvalue weighted by Gasteiger charge is 2.56. The fourth-order valence-electron chi connectivity index (χ4n) is 1.92. The number of allylic oxidation sites excluding steroid dienone is 1. The Hall–Kier alpha value is -1.64. The first-order chi connectivity index (χ1) is 11.8. The van der Waals surface area contributed by atoms with Crippen molar-refractivity contribution in [2.45, 2.75) is 65.8 Å². The zero-order valence-electron chi connectivity index (χ0n) is 17.5. The third kappa shape index (κ3) is 6.59. The fourth-order valence-corrected chi connectivity index (χ4v) is 3.85. The van der Waals surface area contributed by atoms with E-state index in [1.807, 2.05) is 32.9 Å². The molecule has 1 aromatic carbocycles.